The van der Waals surface area contributed by atoms with Crippen LogP contribution in [0.4, 0.5) is 10.1 Å². The first-order valence-corrected chi connectivity index (χ1v) is 6.84. The zero-order chi connectivity index (χ0) is 13.9. The van der Waals surface area contributed by atoms with E-state index < -0.39 is 0 Å². The Morgan fingerprint density at radius 1 is 1.10 bits per heavy atom. The van der Waals surface area contributed by atoms with E-state index in [0.29, 0.717) is 24.1 Å². The molecule has 3 rings (SSSR count). The Morgan fingerprint density at radius 2 is 1.90 bits per heavy atom. The molecule has 0 N–H and O–H groups in total. The van der Waals surface area contributed by atoms with E-state index in [2.05, 4.69) is 17.0 Å². The second kappa shape index (κ2) is 5.45. The highest BCUT2D eigenvalue weighted by molar-refractivity contribution is 5.76. The van der Waals surface area contributed by atoms with Gasteiger partial charge in [0.1, 0.15) is 12.1 Å². The fourth-order valence-electron chi connectivity index (χ4n) is 2.76. The molecule has 1 aliphatic heterocycles. The van der Waals surface area contributed by atoms with Gasteiger partial charge in [-0.05, 0) is 42.2 Å². The van der Waals surface area contributed by atoms with E-state index in [9.17, 15) is 9.18 Å². The second-order valence-corrected chi connectivity index (χ2v) is 5.12. The van der Waals surface area contributed by atoms with Gasteiger partial charge >= 0.3 is 0 Å². The number of carbonyl (C=O) groups is 1. The van der Waals surface area contributed by atoms with E-state index >= 15 is 0 Å². The fraction of sp³-hybridized carbons (Fsp3) is 0.235. The Labute approximate surface area is 117 Å². The third-order valence-corrected chi connectivity index (χ3v) is 3.80. The highest BCUT2D eigenvalue weighted by atomic mass is 19.1. The highest BCUT2D eigenvalue weighted by Crippen LogP contribution is 2.26. The monoisotopic (exact) mass is 269 g/mol. The molecule has 0 atom stereocenters. The number of aryl methyl sites for hydroxylation is 1. The number of aldehydes is 1. The number of hydrogen-bond donors (Lipinski definition) is 0. The highest BCUT2D eigenvalue weighted by Gasteiger charge is 2.17. The Hall–Kier alpha value is -2.16. The molecule has 20 heavy (non-hydrogen) atoms. The van der Waals surface area contributed by atoms with Crippen LogP contribution in [0, 0.1) is 5.82 Å². The summed E-state index contributed by atoms with van der Waals surface area (Å²) in [5.74, 6) is -0.325. The molecular formula is C17H16FNO. The number of nitrogens with zero attached hydrogens (tertiary/aromatic N) is 1. The van der Waals surface area contributed by atoms with Gasteiger partial charge in [-0.3, -0.25) is 4.79 Å². The summed E-state index contributed by atoms with van der Waals surface area (Å²) in [5.41, 5.74) is 3.55. The zero-order valence-corrected chi connectivity index (χ0v) is 11.2. The van der Waals surface area contributed by atoms with Crippen molar-refractivity contribution in [2.75, 3.05) is 11.4 Å². The summed E-state index contributed by atoms with van der Waals surface area (Å²) in [5, 5.41) is 0. The van der Waals surface area contributed by atoms with E-state index in [4.69, 9.17) is 0 Å². The standard InChI is InChI=1S/C17H16FNO/c18-16-10-13(12-20)7-8-17(16)19-9-3-6-14-4-1-2-5-15(14)11-19/h1-2,4-5,7-8,10,12H,3,6,9,11H2. The van der Waals surface area contributed by atoms with Gasteiger partial charge in [0.05, 0.1) is 5.69 Å². The third-order valence-electron chi connectivity index (χ3n) is 3.80. The average molecular weight is 269 g/mol. The molecule has 2 aromatic rings. The van der Waals surface area contributed by atoms with Crippen molar-refractivity contribution in [2.45, 2.75) is 19.4 Å². The topological polar surface area (TPSA) is 20.3 Å². The molecule has 0 radical (unpaired) electrons. The van der Waals surface area contributed by atoms with Crippen molar-refractivity contribution < 1.29 is 9.18 Å². The Bertz CT molecular complexity index is 639. The number of anilines is 1. The number of halogens is 1. The Balaban J connectivity index is 1.93. The van der Waals surface area contributed by atoms with E-state index in [1.165, 1.54) is 17.2 Å². The van der Waals surface area contributed by atoms with Crippen LogP contribution >= 0.6 is 0 Å². The van der Waals surface area contributed by atoms with E-state index in [1.54, 1.807) is 12.1 Å². The smallest absolute Gasteiger partial charge is 0.150 e. The molecule has 1 aliphatic rings. The molecule has 0 aromatic heterocycles. The minimum Gasteiger partial charge on any atom is -0.365 e. The molecule has 3 heteroatoms. The number of carbonyl (C=O) groups excluding carboxylic acids is 1. The molecule has 0 bridgehead atoms. The van der Waals surface area contributed by atoms with Crippen molar-refractivity contribution >= 4 is 12.0 Å². The molecular weight excluding hydrogens is 253 g/mol. The van der Waals surface area contributed by atoms with Crippen LogP contribution in [0.5, 0.6) is 0 Å². The number of benzene rings is 2. The van der Waals surface area contributed by atoms with Crippen LogP contribution in [0.25, 0.3) is 0 Å². The first kappa shape index (κ1) is 12.9. The molecule has 0 saturated carbocycles. The van der Waals surface area contributed by atoms with Crippen molar-refractivity contribution in [1.82, 2.24) is 0 Å². The van der Waals surface area contributed by atoms with Gasteiger partial charge < -0.3 is 4.90 Å². The summed E-state index contributed by atoms with van der Waals surface area (Å²) in [7, 11) is 0. The van der Waals surface area contributed by atoms with Gasteiger partial charge in [0, 0.05) is 18.7 Å². The van der Waals surface area contributed by atoms with Gasteiger partial charge in [0.15, 0.2) is 0 Å². The van der Waals surface area contributed by atoms with Crippen LogP contribution in [0.15, 0.2) is 42.5 Å². The van der Waals surface area contributed by atoms with Crippen LogP contribution in [0.3, 0.4) is 0 Å². The minimum absolute atomic E-state index is 0.325. The zero-order valence-electron chi connectivity index (χ0n) is 11.2. The Morgan fingerprint density at radius 3 is 2.65 bits per heavy atom. The summed E-state index contributed by atoms with van der Waals surface area (Å²) in [6.07, 6.45) is 2.71. The summed E-state index contributed by atoms with van der Waals surface area (Å²) in [4.78, 5) is 12.7. The van der Waals surface area contributed by atoms with Gasteiger partial charge in [0.25, 0.3) is 0 Å². The third kappa shape index (κ3) is 2.44. The summed E-state index contributed by atoms with van der Waals surface area (Å²) >= 11 is 0. The molecule has 1 heterocycles. The van der Waals surface area contributed by atoms with Crippen molar-refractivity contribution in [3.63, 3.8) is 0 Å². The molecule has 2 nitrogen and oxygen atoms in total. The van der Waals surface area contributed by atoms with Crippen LogP contribution in [-0.2, 0) is 13.0 Å². The van der Waals surface area contributed by atoms with Gasteiger partial charge in [-0.1, -0.05) is 24.3 Å². The predicted molar refractivity (Wildman–Crippen MR) is 77.6 cm³/mol. The maximum Gasteiger partial charge on any atom is 0.150 e. The van der Waals surface area contributed by atoms with Crippen molar-refractivity contribution in [1.29, 1.82) is 0 Å². The molecule has 102 valence electrons. The molecule has 0 aliphatic carbocycles. The predicted octanol–water partition coefficient (Wildman–Crippen LogP) is 3.59. The first-order chi connectivity index (χ1) is 9.78. The van der Waals surface area contributed by atoms with E-state index in [0.717, 1.165) is 19.4 Å². The Kier molecular flexibility index (Phi) is 3.50. The quantitative estimate of drug-likeness (QED) is 0.776. The average Bonchev–Trinajstić information content (AvgIpc) is 2.69. The van der Waals surface area contributed by atoms with Crippen LogP contribution < -0.4 is 4.90 Å². The first-order valence-electron chi connectivity index (χ1n) is 6.84. The lowest BCUT2D eigenvalue weighted by atomic mass is 10.0. The summed E-state index contributed by atoms with van der Waals surface area (Å²) < 4.78 is 14.1. The maximum atomic E-state index is 14.1. The normalized spacial score (nSPS) is 14.6. The molecule has 0 spiro atoms. The van der Waals surface area contributed by atoms with Crippen molar-refractivity contribution in [3.05, 3.63) is 65.0 Å². The number of rotatable bonds is 2. The largest absolute Gasteiger partial charge is 0.365 e. The molecule has 0 unspecified atom stereocenters. The fourth-order valence-corrected chi connectivity index (χ4v) is 2.76. The SMILES string of the molecule is O=Cc1ccc(N2CCCc3ccccc3C2)c(F)c1. The van der Waals surface area contributed by atoms with Crippen LogP contribution in [-0.4, -0.2) is 12.8 Å². The molecule has 0 amide bonds. The van der Waals surface area contributed by atoms with Crippen molar-refractivity contribution in [2.24, 2.45) is 0 Å². The molecule has 2 aromatic carbocycles. The number of fused-ring (bicyclic) bond motifs is 1. The second-order valence-electron chi connectivity index (χ2n) is 5.12. The van der Waals surface area contributed by atoms with Gasteiger partial charge in [0.2, 0.25) is 0 Å². The number of hydrogen-bond acceptors (Lipinski definition) is 2. The van der Waals surface area contributed by atoms with E-state index in [1.807, 2.05) is 12.1 Å². The maximum absolute atomic E-state index is 14.1. The van der Waals surface area contributed by atoms with Gasteiger partial charge in [-0.15, -0.1) is 0 Å². The van der Waals surface area contributed by atoms with Crippen LogP contribution in [0.2, 0.25) is 0 Å². The summed E-state index contributed by atoms with van der Waals surface area (Å²) in [6, 6.07) is 13.0. The lowest BCUT2D eigenvalue weighted by Crippen LogP contribution is -2.23. The van der Waals surface area contributed by atoms with Crippen LogP contribution in [0.1, 0.15) is 27.9 Å². The molecule has 0 saturated heterocycles. The van der Waals surface area contributed by atoms with Gasteiger partial charge in [-0.25, -0.2) is 4.39 Å². The summed E-state index contributed by atoms with van der Waals surface area (Å²) in [6.45, 7) is 1.54. The van der Waals surface area contributed by atoms with Crippen molar-refractivity contribution in [3.8, 4) is 0 Å². The minimum atomic E-state index is -0.325. The lowest BCUT2D eigenvalue weighted by molar-refractivity contribution is 0.112. The molecule has 0 fully saturated rings. The van der Waals surface area contributed by atoms with Gasteiger partial charge in [-0.2, -0.15) is 0 Å². The van der Waals surface area contributed by atoms with E-state index in [-0.39, 0.29) is 5.82 Å². The lowest BCUT2D eigenvalue weighted by Gasteiger charge is -2.23.